The predicted octanol–water partition coefficient (Wildman–Crippen LogP) is 6.04. The fourth-order valence-corrected chi connectivity index (χ4v) is 4.30. The van der Waals surface area contributed by atoms with Crippen molar-refractivity contribution in [2.45, 2.75) is 26.2 Å². The molecule has 1 aliphatic carbocycles. The first-order chi connectivity index (χ1) is 16.3. The zero-order valence-corrected chi connectivity index (χ0v) is 20.4. The number of furan rings is 1. The molecule has 176 valence electrons. The van der Waals surface area contributed by atoms with Crippen molar-refractivity contribution in [1.29, 1.82) is 0 Å². The van der Waals surface area contributed by atoms with Crippen LogP contribution in [0, 0.1) is 6.92 Å². The second-order valence-corrected chi connectivity index (χ2v) is 8.91. The number of hydrogen-bond donors (Lipinski definition) is 2. The molecule has 34 heavy (non-hydrogen) atoms. The Kier molecular flexibility index (Phi) is 7.46. The summed E-state index contributed by atoms with van der Waals surface area (Å²) in [6.07, 6.45) is 2.08. The average molecular weight is 521 g/mol. The molecule has 0 spiro atoms. The normalized spacial score (nSPS) is 13.9. The van der Waals surface area contributed by atoms with Gasteiger partial charge in [-0.15, -0.1) is 0 Å². The van der Waals surface area contributed by atoms with Crippen LogP contribution in [-0.4, -0.2) is 24.1 Å². The molecule has 0 saturated heterocycles. The summed E-state index contributed by atoms with van der Waals surface area (Å²) in [5.74, 6) is 0.371. The predicted molar refractivity (Wildman–Crippen MR) is 132 cm³/mol. The van der Waals surface area contributed by atoms with Crippen LogP contribution >= 0.6 is 34.8 Å². The van der Waals surface area contributed by atoms with E-state index in [1.807, 2.05) is 0 Å². The number of carbonyl (C=O) groups is 2. The maximum Gasteiger partial charge on any atom is 0.291 e. The first-order valence-electron chi connectivity index (χ1n) is 10.4. The van der Waals surface area contributed by atoms with Crippen LogP contribution < -0.4 is 15.5 Å². The van der Waals surface area contributed by atoms with Crippen molar-refractivity contribution >= 4 is 58.0 Å². The van der Waals surface area contributed by atoms with Gasteiger partial charge in [-0.3, -0.25) is 9.59 Å². The minimum absolute atomic E-state index is 0.201. The van der Waals surface area contributed by atoms with Gasteiger partial charge in [0.1, 0.15) is 11.5 Å². The van der Waals surface area contributed by atoms with Crippen LogP contribution in [0.3, 0.4) is 0 Å². The maximum atomic E-state index is 12.8. The van der Waals surface area contributed by atoms with Gasteiger partial charge in [0.05, 0.1) is 10.7 Å². The standard InChI is InChI=1S/C24H20Cl3N3O4/c1-13-22-18(29-30-21(31)12-33-19-9-8-15(26)11-17(19)27)6-3-7-20(22)34-23(13)24(32)28-16-5-2-4-14(25)10-16/h2,4-5,8-11H,3,6-7,12H2,1H3,(H,28,32)(H,30,31)/b29-18+. The number of ether oxygens (including phenoxy) is 1. The van der Waals surface area contributed by atoms with Crippen molar-refractivity contribution in [3.05, 3.63) is 80.2 Å². The zero-order chi connectivity index (χ0) is 24.2. The number of carbonyl (C=O) groups excluding carboxylic acids is 2. The Balaban J connectivity index is 1.45. The number of aryl methyl sites for hydroxylation is 1. The van der Waals surface area contributed by atoms with Crippen LogP contribution in [0.4, 0.5) is 5.69 Å². The van der Waals surface area contributed by atoms with Crippen LogP contribution in [0.1, 0.15) is 40.3 Å². The molecule has 0 aliphatic heterocycles. The van der Waals surface area contributed by atoms with Crippen molar-refractivity contribution in [1.82, 2.24) is 5.43 Å². The average Bonchev–Trinajstić information content (AvgIpc) is 3.14. The third kappa shape index (κ3) is 5.55. The molecule has 2 aromatic carbocycles. The fraction of sp³-hybridized carbons (Fsp3) is 0.208. The summed E-state index contributed by atoms with van der Waals surface area (Å²) in [6, 6.07) is 11.6. The van der Waals surface area contributed by atoms with Gasteiger partial charge in [-0.2, -0.15) is 5.10 Å². The lowest BCUT2D eigenvalue weighted by molar-refractivity contribution is -0.123. The highest BCUT2D eigenvalue weighted by atomic mass is 35.5. The summed E-state index contributed by atoms with van der Waals surface area (Å²) in [5.41, 5.74) is 5.11. The van der Waals surface area contributed by atoms with Gasteiger partial charge >= 0.3 is 0 Å². The molecule has 7 nitrogen and oxygen atoms in total. The summed E-state index contributed by atoms with van der Waals surface area (Å²) in [7, 11) is 0. The summed E-state index contributed by atoms with van der Waals surface area (Å²) < 4.78 is 11.3. The lowest BCUT2D eigenvalue weighted by atomic mass is 9.93. The van der Waals surface area contributed by atoms with Crippen molar-refractivity contribution in [3.63, 3.8) is 0 Å². The first-order valence-corrected chi connectivity index (χ1v) is 11.6. The molecule has 1 heterocycles. The molecule has 0 atom stereocenters. The topological polar surface area (TPSA) is 92.9 Å². The summed E-state index contributed by atoms with van der Waals surface area (Å²) >= 11 is 17.9. The molecule has 2 N–H and O–H groups in total. The second-order valence-electron chi connectivity index (χ2n) is 7.63. The summed E-state index contributed by atoms with van der Waals surface area (Å²) in [5, 5.41) is 8.36. The molecule has 1 aromatic heterocycles. The van der Waals surface area contributed by atoms with Crippen LogP contribution in [0.15, 0.2) is 52.0 Å². The highest BCUT2D eigenvalue weighted by Crippen LogP contribution is 2.31. The molecule has 10 heteroatoms. The fourth-order valence-electron chi connectivity index (χ4n) is 3.65. The zero-order valence-electron chi connectivity index (χ0n) is 18.1. The van der Waals surface area contributed by atoms with E-state index < -0.39 is 5.91 Å². The van der Waals surface area contributed by atoms with E-state index in [4.69, 9.17) is 44.0 Å². The van der Waals surface area contributed by atoms with Gasteiger partial charge in [-0.1, -0.05) is 40.9 Å². The number of fused-ring (bicyclic) bond motifs is 1. The van der Waals surface area contributed by atoms with Crippen molar-refractivity contribution < 1.29 is 18.7 Å². The third-order valence-electron chi connectivity index (χ3n) is 5.18. The highest BCUT2D eigenvalue weighted by molar-refractivity contribution is 6.35. The van der Waals surface area contributed by atoms with Crippen LogP contribution in [0.5, 0.6) is 5.75 Å². The molecule has 2 amide bonds. The molecule has 4 rings (SSSR count). The smallest absolute Gasteiger partial charge is 0.291 e. The number of hydrogen-bond acceptors (Lipinski definition) is 5. The van der Waals surface area contributed by atoms with Gasteiger partial charge in [0, 0.05) is 33.3 Å². The van der Waals surface area contributed by atoms with E-state index >= 15 is 0 Å². The maximum absolute atomic E-state index is 12.8. The van der Waals surface area contributed by atoms with Gasteiger partial charge in [0.2, 0.25) is 0 Å². The molecule has 0 fully saturated rings. The Morgan fingerprint density at radius 2 is 1.88 bits per heavy atom. The number of amides is 2. The van der Waals surface area contributed by atoms with Crippen molar-refractivity contribution in [2.24, 2.45) is 5.10 Å². The van der Waals surface area contributed by atoms with Crippen LogP contribution in [0.2, 0.25) is 15.1 Å². The first kappa shape index (κ1) is 24.1. The molecular weight excluding hydrogens is 501 g/mol. The highest BCUT2D eigenvalue weighted by Gasteiger charge is 2.28. The number of benzene rings is 2. The van der Waals surface area contributed by atoms with E-state index in [1.165, 1.54) is 6.07 Å². The molecule has 0 bridgehead atoms. The summed E-state index contributed by atoms with van der Waals surface area (Å²) in [4.78, 5) is 25.1. The number of anilines is 1. The van der Waals surface area contributed by atoms with Gasteiger partial charge in [-0.25, -0.2) is 5.43 Å². The third-order valence-corrected chi connectivity index (χ3v) is 5.95. The Morgan fingerprint density at radius 1 is 1.09 bits per heavy atom. The minimum Gasteiger partial charge on any atom is -0.482 e. The van der Waals surface area contributed by atoms with Crippen LogP contribution in [0.25, 0.3) is 0 Å². The second kappa shape index (κ2) is 10.5. The van der Waals surface area contributed by atoms with Gasteiger partial charge in [-0.05, 0) is 56.2 Å². The Bertz CT molecular complexity index is 1290. The van der Waals surface area contributed by atoms with E-state index in [0.717, 1.165) is 12.0 Å². The Labute approximate surface area is 211 Å². The Hall–Kier alpha value is -3.00. The molecule has 0 unspecified atom stereocenters. The molecule has 0 radical (unpaired) electrons. The van der Waals surface area contributed by atoms with E-state index in [9.17, 15) is 9.59 Å². The number of halogens is 3. The molecule has 3 aromatic rings. The van der Waals surface area contributed by atoms with Gasteiger partial charge in [0.25, 0.3) is 11.8 Å². The SMILES string of the molecule is Cc1c(C(=O)Nc2cccc(Cl)c2)oc2c1/C(=N/NC(=O)COc1ccc(Cl)cc1Cl)CCC2. The largest absolute Gasteiger partial charge is 0.482 e. The molecule has 0 saturated carbocycles. The summed E-state index contributed by atoms with van der Waals surface area (Å²) in [6.45, 7) is 1.52. The van der Waals surface area contributed by atoms with E-state index in [0.29, 0.717) is 56.4 Å². The number of rotatable bonds is 6. The van der Waals surface area contributed by atoms with E-state index in [2.05, 4.69) is 15.8 Å². The van der Waals surface area contributed by atoms with Crippen molar-refractivity contribution in [3.8, 4) is 5.75 Å². The van der Waals surface area contributed by atoms with Crippen LogP contribution in [-0.2, 0) is 11.2 Å². The monoisotopic (exact) mass is 519 g/mol. The lowest BCUT2D eigenvalue weighted by Gasteiger charge is -2.13. The van der Waals surface area contributed by atoms with Gasteiger partial charge in [0.15, 0.2) is 12.4 Å². The lowest BCUT2D eigenvalue weighted by Crippen LogP contribution is -2.27. The molecular formula is C24H20Cl3N3O4. The van der Waals surface area contributed by atoms with Gasteiger partial charge < -0.3 is 14.5 Å². The van der Waals surface area contributed by atoms with E-state index in [-0.39, 0.29) is 18.3 Å². The quantitative estimate of drug-likeness (QED) is 0.388. The minimum atomic E-state index is -0.453. The van der Waals surface area contributed by atoms with E-state index in [1.54, 1.807) is 43.3 Å². The number of nitrogens with one attached hydrogen (secondary N) is 2. The molecule has 1 aliphatic rings. The number of nitrogens with zero attached hydrogens (tertiary/aromatic N) is 1. The van der Waals surface area contributed by atoms with Crippen molar-refractivity contribution in [2.75, 3.05) is 11.9 Å². The Morgan fingerprint density at radius 3 is 2.65 bits per heavy atom. The number of hydrazone groups is 1.